The zero-order chi connectivity index (χ0) is 15.4. The van der Waals surface area contributed by atoms with Gasteiger partial charge in [0.05, 0.1) is 11.1 Å². The van der Waals surface area contributed by atoms with Crippen LogP contribution in [0.25, 0.3) is 0 Å². The van der Waals surface area contributed by atoms with Crippen LogP contribution in [0.1, 0.15) is 51.5 Å². The number of ketones is 1. The van der Waals surface area contributed by atoms with Gasteiger partial charge in [-0.1, -0.05) is 0 Å². The molecule has 0 aromatic carbocycles. The van der Waals surface area contributed by atoms with E-state index in [1.807, 2.05) is 11.8 Å². The molecule has 3 aliphatic rings. The molecular formula is C17H22N2O3. The predicted molar refractivity (Wildman–Crippen MR) is 81.1 cm³/mol. The van der Waals surface area contributed by atoms with Gasteiger partial charge in [0, 0.05) is 32.0 Å². The lowest BCUT2D eigenvalue weighted by molar-refractivity contribution is 0.0767. The standard InChI is InChI=1S/C17H22N2O3/c1-10-15(16-13(20)4-3-5-14(16)22-10)17(21)19-8-11-6-7-18(2)12(11)9-19/h11-12H,3-9H2,1-2H3/t11-,12+/m1/s1. The molecule has 5 nitrogen and oxygen atoms in total. The molecule has 3 heterocycles. The van der Waals surface area contributed by atoms with E-state index >= 15 is 0 Å². The molecule has 22 heavy (non-hydrogen) atoms. The molecule has 0 bridgehead atoms. The maximum Gasteiger partial charge on any atom is 0.258 e. The molecule has 1 aromatic heterocycles. The van der Waals surface area contributed by atoms with Crippen LogP contribution in [0.15, 0.2) is 4.42 Å². The topological polar surface area (TPSA) is 53.8 Å². The molecule has 0 radical (unpaired) electrons. The Morgan fingerprint density at radius 1 is 1.27 bits per heavy atom. The molecule has 0 spiro atoms. The number of hydrogen-bond donors (Lipinski definition) is 0. The zero-order valence-electron chi connectivity index (χ0n) is 13.2. The number of nitrogens with zero attached hydrogens (tertiary/aromatic N) is 2. The first kappa shape index (κ1) is 14.0. The summed E-state index contributed by atoms with van der Waals surface area (Å²) in [6.07, 6.45) is 3.28. The highest BCUT2D eigenvalue weighted by atomic mass is 16.3. The molecule has 2 fully saturated rings. The fourth-order valence-corrected chi connectivity index (χ4v) is 4.36. The van der Waals surface area contributed by atoms with Crippen LogP contribution in [0.3, 0.4) is 0 Å². The number of furan rings is 1. The highest BCUT2D eigenvalue weighted by Crippen LogP contribution is 2.34. The summed E-state index contributed by atoms with van der Waals surface area (Å²) in [5, 5.41) is 0. The Morgan fingerprint density at radius 2 is 2.09 bits per heavy atom. The van der Waals surface area contributed by atoms with Crippen molar-refractivity contribution in [3.63, 3.8) is 0 Å². The quantitative estimate of drug-likeness (QED) is 0.795. The molecule has 1 aliphatic carbocycles. The van der Waals surface area contributed by atoms with E-state index in [1.54, 1.807) is 0 Å². The molecule has 0 N–H and O–H groups in total. The smallest absolute Gasteiger partial charge is 0.258 e. The highest BCUT2D eigenvalue weighted by molar-refractivity contribution is 6.10. The van der Waals surface area contributed by atoms with Crippen molar-refractivity contribution in [2.75, 3.05) is 26.7 Å². The monoisotopic (exact) mass is 302 g/mol. The van der Waals surface area contributed by atoms with Gasteiger partial charge >= 0.3 is 0 Å². The predicted octanol–water partition coefficient (Wildman–Crippen LogP) is 1.88. The average molecular weight is 302 g/mol. The maximum atomic E-state index is 13.0. The largest absolute Gasteiger partial charge is 0.465 e. The molecule has 1 amide bonds. The van der Waals surface area contributed by atoms with Crippen molar-refractivity contribution in [2.24, 2.45) is 5.92 Å². The van der Waals surface area contributed by atoms with Crippen LogP contribution in [0.5, 0.6) is 0 Å². The van der Waals surface area contributed by atoms with Gasteiger partial charge in [-0.3, -0.25) is 9.59 Å². The lowest BCUT2D eigenvalue weighted by atomic mass is 9.93. The van der Waals surface area contributed by atoms with E-state index in [2.05, 4.69) is 11.9 Å². The van der Waals surface area contributed by atoms with Crippen LogP contribution in [0, 0.1) is 12.8 Å². The van der Waals surface area contributed by atoms with E-state index in [0.29, 0.717) is 41.0 Å². The van der Waals surface area contributed by atoms with Gasteiger partial charge in [0.1, 0.15) is 11.5 Å². The maximum absolute atomic E-state index is 13.0. The van der Waals surface area contributed by atoms with E-state index in [4.69, 9.17) is 4.42 Å². The lowest BCUT2D eigenvalue weighted by Gasteiger charge is -2.21. The number of aryl methyl sites for hydroxylation is 2. The van der Waals surface area contributed by atoms with E-state index in [1.165, 1.54) is 0 Å². The molecule has 2 saturated heterocycles. The Balaban J connectivity index is 1.64. The first-order valence-electron chi connectivity index (χ1n) is 8.21. The highest BCUT2D eigenvalue weighted by Gasteiger charge is 2.43. The number of likely N-dealkylation sites (N-methyl/N-ethyl adjacent to an activating group) is 1. The van der Waals surface area contributed by atoms with Crippen LogP contribution in [0.4, 0.5) is 0 Å². The molecule has 118 valence electrons. The molecule has 0 unspecified atom stereocenters. The Kier molecular flexibility index (Phi) is 3.15. The average Bonchev–Trinajstić information content (AvgIpc) is 3.13. The summed E-state index contributed by atoms with van der Waals surface area (Å²) in [6.45, 7) is 4.51. The molecule has 0 saturated carbocycles. The van der Waals surface area contributed by atoms with Crippen LogP contribution in [-0.2, 0) is 6.42 Å². The Bertz CT molecular complexity index is 649. The van der Waals surface area contributed by atoms with E-state index < -0.39 is 0 Å². The Labute approximate surface area is 130 Å². The second-order valence-electron chi connectivity index (χ2n) is 6.91. The summed E-state index contributed by atoms with van der Waals surface area (Å²) in [4.78, 5) is 29.5. The van der Waals surface area contributed by atoms with Crippen molar-refractivity contribution < 1.29 is 14.0 Å². The number of carbonyl (C=O) groups is 2. The Hall–Kier alpha value is -1.62. The third kappa shape index (κ3) is 1.95. The van der Waals surface area contributed by atoms with Gasteiger partial charge in [-0.15, -0.1) is 0 Å². The second-order valence-corrected chi connectivity index (χ2v) is 6.91. The molecule has 1 aromatic rings. The van der Waals surface area contributed by atoms with Crippen molar-refractivity contribution in [3.05, 3.63) is 22.6 Å². The van der Waals surface area contributed by atoms with Gasteiger partial charge in [0.25, 0.3) is 5.91 Å². The minimum Gasteiger partial charge on any atom is -0.465 e. The van der Waals surface area contributed by atoms with Gasteiger partial charge < -0.3 is 14.2 Å². The normalized spacial score (nSPS) is 28.1. The van der Waals surface area contributed by atoms with E-state index in [9.17, 15) is 9.59 Å². The summed E-state index contributed by atoms with van der Waals surface area (Å²) >= 11 is 0. The number of amides is 1. The summed E-state index contributed by atoms with van der Waals surface area (Å²) < 4.78 is 5.72. The third-order valence-corrected chi connectivity index (χ3v) is 5.57. The van der Waals surface area contributed by atoms with Crippen LogP contribution in [0.2, 0.25) is 0 Å². The fourth-order valence-electron chi connectivity index (χ4n) is 4.36. The van der Waals surface area contributed by atoms with Crippen molar-refractivity contribution in [1.29, 1.82) is 0 Å². The van der Waals surface area contributed by atoms with Crippen molar-refractivity contribution in [2.45, 2.75) is 38.6 Å². The van der Waals surface area contributed by atoms with E-state index in [-0.39, 0.29) is 11.7 Å². The second kappa shape index (κ2) is 4.95. The summed E-state index contributed by atoms with van der Waals surface area (Å²) in [7, 11) is 2.13. The molecule has 5 heteroatoms. The summed E-state index contributed by atoms with van der Waals surface area (Å²) in [5.74, 6) is 1.95. The number of likely N-dealkylation sites (tertiary alicyclic amines) is 2. The van der Waals surface area contributed by atoms with Crippen LogP contribution >= 0.6 is 0 Å². The minimum atomic E-state index is -0.0134. The van der Waals surface area contributed by atoms with Crippen LogP contribution < -0.4 is 0 Å². The minimum absolute atomic E-state index is 0.0134. The first-order chi connectivity index (χ1) is 10.6. The van der Waals surface area contributed by atoms with Crippen molar-refractivity contribution in [1.82, 2.24) is 9.80 Å². The number of hydrogen-bond acceptors (Lipinski definition) is 4. The summed E-state index contributed by atoms with van der Waals surface area (Å²) in [6, 6.07) is 0.475. The van der Waals surface area contributed by atoms with Crippen molar-refractivity contribution in [3.8, 4) is 0 Å². The number of rotatable bonds is 1. The molecule has 2 atom stereocenters. The SMILES string of the molecule is Cc1oc2c(c1C(=O)N1C[C@H]3CCN(C)[C@H]3C1)C(=O)CCC2. The first-order valence-corrected chi connectivity index (χ1v) is 8.21. The van der Waals surface area contributed by atoms with Gasteiger partial charge in [0.15, 0.2) is 5.78 Å². The summed E-state index contributed by atoms with van der Waals surface area (Å²) in [5.41, 5.74) is 1.10. The fraction of sp³-hybridized carbons (Fsp3) is 0.647. The number of Topliss-reactive ketones (excluding diaryl/α,β-unsaturated/α-hetero) is 1. The third-order valence-electron chi connectivity index (χ3n) is 5.57. The van der Waals surface area contributed by atoms with Gasteiger partial charge in [-0.05, 0) is 39.3 Å². The van der Waals surface area contributed by atoms with Gasteiger partial charge in [-0.25, -0.2) is 0 Å². The zero-order valence-corrected chi connectivity index (χ0v) is 13.2. The van der Waals surface area contributed by atoms with Gasteiger partial charge in [0.2, 0.25) is 0 Å². The number of carbonyl (C=O) groups excluding carboxylic acids is 2. The molecule has 2 aliphatic heterocycles. The van der Waals surface area contributed by atoms with Gasteiger partial charge in [-0.2, -0.15) is 0 Å². The number of fused-ring (bicyclic) bond motifs is 2. The lowest BCUT2D eigenvalue weighted by Crippen LogP contribution is -2.35. The van der Waals surface area contributed by atoms with E-state index in [0.717, 1.165) is 38.9 Å². The molecule has 4 rings (SSSR count). The van der Waals surface area contributed by atoms with Crippen molar-refractivity contribution >= 4 is 11.7 Å². The molecular weight excluding hydrogens is 280 g/mol. The van der Waals surface area contributed by atoms with Crippen LogP contribution in [-0.4, -0.2) is 54.2 Å². The Morgan fingerprint density at radius 3 is 2.86 bits per heavy atom.